The van der Waals surface area contributed by atoms with Crippen LogP contribution in [0.25, 0.3) is 10.9 Å². The van der Waals surface area contributed by atoms with Crippen LogP contribution < -0.4 is 15.5 Å². The lowest BCUT2D eigenvalue weighted by Crippen LogP contribution is -2.40. The van der Waals surface area contributed by atoms with Gasteiger partial charge >= 0.3 is 0 Å². The van der Waals surface area contributed by atoms with E-state index in [2.05, 4.69) is 69.8 Å². The normalized spacial score (nSPS) is 18.6. The number of para-hydroxylation sites is 1. The molecular weight excluding hydrogens is 452 g/mol. The fourth-order valence-electron chi connectivity index (χ4n) is 4.25. The fourth-order valence-corrected chi connectivity index (χ4v) is 4.49. The Hall–Kier alpha value is -2.60. The molecule has 1 amide bonds. The van der Waals surface area contributed by atoms with E-state index in [-0.39, 0.29) is 11.9 Å². The SMILES string of the molecule is Cc1cc(C(=O)N[C@H]2CC[C@@H](Nc3cc(N(C)C)c4ccccc4n3)CC2)ccc1Br. The van der Waals surface area contributed by atoms with Gasteiger partial charge in [-0.3, -0.25) is 4.79 Å². The number of fused-ring (bicyclic) bond motifs is 1. The maximum atomic E-state index is 12.6. The molecule has 1 aliphatic rings. The molecule has 1 fully saturated rings. The van der Waals surface area contributed by atoms with Crippen LogP contribution in [0.4, 0.5) is 11.5 Å². The Bertz CT molecular complexity index is 1090. The van der Waals surface area contributed by atoms with Crippen LogP contribution in [-0.2, 0) is 0 Å². The average Bonchev–Trinajstić information content (AvgIpc) is 2.76. The molecule has 0 bridgehead atoms. The third kappa shape index (κ3) is 5.01. The highest BCUT2D eigenvalue weighted by Gasteiger charge is 2.23. The van der Waals surface area contributed by atoms with E-state index in [1.807, 2.05) is 31.2 Å². The zero-order valence-electron chi connectivity index (χ0n) is 18.3. The van der Waals surface area contributed by atoms with Gasteiger partial charge in [-0.25, -0.2) is 4.98 Å². The van der Waals surface area contributed by atoms with E-state index in [1.54, 1.807) is 0 Å². The molecule has 162 valence electrons. The van der Waals surface area contributed by atoms with E-state index >= 15 is 0 Å². The van der Waals surface area contributed by atoms with Crippen LogP contribution in [-0.4, -0.2) is 37.1 Å². The molecule has 4 rings (SSSR count). The predicted molar refractivity (Wildman–Crippen MR) is 132 cm³/mol. The van der Waals surface area contributed by atoms with Crippen molar-refractivity contribution in [2.24, 2.45) is 0 Å². The first kappa shape index (κ1) is 21.6. The number of aryl methyl sites for hydroxylation is 1. The van der Waals surface area contributed by atoms with Gasteiger partial charge in [0.2, 0.25) is 0 Å². The zero-order chi connectivity index (χ0) is 22.0. The number of pyridine rings is 1. The maximum absolute atomic E-state index is 12.6. The Morgan fingerprint density at radius 2 is 1.74 bits per heavy atom. The highest BCUT2D eigenvalue weighted by Crippen LogP contribution is 2.29. The van der Waals surface area contributed by atoms with E-state index in [0.717, 1.165) is 58.0 Å². The summed E-state index contributed by atoms with van der Waals surface area (Å²) in [5.74, 6) is 0.930. The van der Waals surface area contributed by atoms with Gasteiger partial charge in [0.05, 0.1) is 5.52 Å². The van der Waals surface area contributed by atoms with Crippen LogP contribution >= 0.6 is 15.9 Å². The highest BCUT2D eigenvalue weighted by atomic mass is 79.9. The highest BCUT2D eigenvalue weighted by molar-refractivity contribution is 9.10. The maximum Gasteiger partial charge on any atom is 0.251 e. The van der Waals surface area contributed by atoms with Crippen LogP contribution in [0.2, 0.25) is 0 Å². The average molecular weight is 481 g/mol. The fraction of sp³-hybridized carbons (Fsp3) is 0.360. The Balaban J connectivity index is 1.37. The number of amides is 1. The lowest BCUT2D eigenvalue weighted by molar-refractivity contribution is 0.0926. The number of hydrogen-bond donors (Lipinski definition) is 2. The van der Waals surface area contributed by atoms with Gasteiger partial charge in [-0.1, -0.05) is 34.1 Å². The molecule has 3 aromatic rings. The van der Waals surface area contributed by atoms with Crippen LogP contribution in [0.5, 0.6) is 0 Å². The first-order chi connectivity index (χ1) is 14.9. The summed E-state index contributed by atoms with van der Waals surface area (Å²) in [5, 5.41) is 8.00. The van der Waals surface area contributed by atoms with Gasteiger partial charge in [0.25, 0.3) is 5.91 Å². The molecule has 0 atom stereocenters. The van der Waals surface area contributed by atoms with Gasteiger partial charge in [0.15, 0.2) is 0 Å². The van der Waals surface area contributed by atoms with E-state index in [0.29, 0.717) is 6.04 Å². The summed E-state index contributed by atoms with van der Waals surface area (Å²) < 4.78 is 1.02. The standard InChI is InChI=1S/C25H29BrN4O/c1-16-14-17(8-13-21(16)26)25(31)28-19-11-9-18(10-12-19)27-24-15-23(30(2)3)20-6-4-5-7-22(20)29-24/h4-8,13-15,18-19H,9-12H2,1-3H3,(H,27,29)(H,28,31)/t18-,19+. The molecule has 0 spiro atoms. The van der Waals surface area contributed by atoms with Crippen molar-refractivity contribution in [2.45, 2.75) is 44.7 Å². The number of rotatable bonds is 5. The first-order valence-corrected chi connectivity index (χ1v) is 11.6. The largest absolute Gasteiger partial charge is 0.377 e. The lowest BCUT2D eigenvalue weighted by atomic mass is 9.91. The first-order valence-electron chi connectivity index (χ1n) is 10.8. The quantitative estimate of drug-likeness (QED) is 0.504. The smallest absolute Gasteiger partial charge is 0.251 e. The number of nitrogens with zero attached hydrogens (tertiary/aromatic N) is 2. The van der Waals surface area contributed by atoms with Crippen LogP contribution in [0, 0.1) is 6.92 Å². The molecule has 2 N–H and O–H groups in total. The number of benzene rings is 2. The Kier molecular flexibility index (Phi) is 6.46. The van der Waals surface area contributed by atoms with E-state index in [9.17, 15) is 4.79 Å². The van der Waals surface area contributed by atoms with Crippen molar-refractivity contribution in [1.82, 2.24) is 10.3 Å². The minimum Gasteiger partial charge on any atom is -0.377 e. The van der Waals surface area contributed by atoms with Gasteiger partial charge < -0.3 is 15.5 Å². The summed E-state index contributed by atoms with van der Waals surface area (Å²) in [6, 6.07) is 16.7. The van der Waals surface area contributed by atoms with Crippen molar-refractivity contribution in [3.05, 3.63) is 64.1 Å². The Morgan fingerprint density at radius 3 is 2.45 bits per heavy atom. The van der Waals surface area contributed by atoms with E-state index in [4.69, 9.17) is 4.98 Å². The predicted octanol–water partition coefficient (Wildman–Crippen LogP) is 5.52. The summed E-state index contributed by atoms with van der Waals surface area (Å²) in [6.07, 6.45) is 3.95. The number of carbonyl (C=O) groups is 1. The van der Waals surface area contributed by atoms with Gasteiger partial charge in [0.1, 0.15) is 5.82 Å². The minimum atomic E-state index is 0.0128. The van der Waals surface area contributed by atoms with Crippen LogP contribution in [0.15, 0.2) is 53.0 Å². The number of nitrogens with one attached hydrogen (secondary N) is 2. The van der Waals surface area contributed by atoms with E-state index in [1.165, 1.54) is 5.69 Å². The number of carbonyl (C=O) groups excluding carboxylic acids is 1. The van der Waals surface area contributed by atoms with Crippen LogP contribution in [0.1, 0.15) is 41.6 Å². The molecule has 1 saturated carbocycles. The van der Waals surface area contributed by atoms with Gasteiger partial charge in [-0.15, -0.1) is 0 Å². The van der Waals surface area contributed by atoms with Crippen LogP contribution in [0.3, 0.4) is 0 Å². The summed E-state index contributed by atoms with van der Waals surface area (Å²) in [5.41, 5.74) is 3.96. The molecule has 2 aromatic carbocycles. The molecule has 1 aromatic heterocycles. The number of hydrogen-bond acceptors (Lipinski definition) is 4. The van der Waals surface area contributed by atoms with E-state index < -0.39 is 0 Å². The third-order valence-electron chi connectivity index (χ3n) is 6.01. The second-order valence-corrected chi connectivity index (χ2v) is 9.42. The molecule has 1 aliphatic carbocycles. The van der Waals surface area contributed by atoms with Crippen molar-refractivity contribution in [3.8, 4) is 0 Å². The number of halogens is 1. The second kappa shape index (κ2) is 9.27. The van der Waals surface area contributed by atoms with Gasteiger partial charge in [0, 0.05) is 53.4 Å². The Labute approximate surface area is 192 Å². The van der Waals surface area contributed by atoms with Crippen molar-refractivity contribution in [1.29, 1.82) is 0 Å². The van der Waals surface area contributed by atoms with Gasteiger partial charge in [-0.2, -0.15) is 0 Å². The summed E-state index contributed by atoms with van der Waals surface area (Å²) in [7, 11) is 4.12. The molecule has 0 saturated heterocycles. The van der Waals surface area contributed by atoms with Crippen molar-refractivity contribution in [3.63, 3.8) is 0 Å². The summed E-state index contributed by atoms with van der Waals surface area (Å²) in [4.78, 5) is 19.6. The number of anilines is 2. The molecular formula is C25H29BrN4O. The van der Waals surface area contributed by atoms with Crippen molar-refractivity contribution >= 4 is 44.2 Å². The monoisotopic (exact) mass is 480 g/mol. The summed E-state index contributed by atoms with van der Waals surface area (Å²) in [6.45, 7) is 2.00. The second-order valence-electron chi connectivity index (χ2n) is 8.57. The number of aromatic nitrogens is 1. The van der Waals surface area contributed by atoms with Gasteiger partial charge in [-0.05, 0) is 62.4 Å². The molecule has 31 heavy (non-hydrogen) atoms. The molecule has 0 radical (unpaired) electrons. The molecule has 0 aliphatic heterocycles. The third-order valence-corrected chi connectivity index (χ3v) is 6.90. The molecule has 6 heteroatoms. The van der Waals surface area contributed by atoms with Crippen molar-refractivity contribution in [2.75, 3.05) is 24.3 Å². The van der Waals surface area contributed by atoms with Crippen molar-refractivity contribution < 1.29 is 4.79 Å². The lowest BCUT2D eigenvalue weighted by Gasteiger charge is -2.30. The topological polar surface area (TPSA) is 57.3 Å². The Morgan fingerprint density at radius 1 is 1.03 bits per heavy atom. The molecule has 0 unspecified atom stereocenters. The zero-order valence-corrected chi connectivity index (χ0v) is 19.9. The summed E-state index contributed by atoms with van der Waals surface area (Å²) >= 11 is 3.49. The molecule has 5 nitrogen and oxygen atoms in total. The molecule has 1 heterocycles. The minimum absolute atomic E-state index is 0.0128.